The molecule has 1 N–H and O–H groups in total. The van der Waals surface area contributed by atoms with Crippen LogP contribution in [0.1, 0.15) is 32.9 Å². The van der Waals surface area contributed by atoms with E-state index in [1.54, 1.807) is 6.20 Å². The summed E-state index contributed by atoms with van der Waals surface area (Å²) in [6.45, 7) is 3.80. The Bertz CT molecular complexity index is 1020. The maximum absolute atomic E-state index is 12.8. The van der Waals surface area contributed by atoms with Gasteiger partial charge in [0, 0.05) is 28.7 Å². The van der Waals surface area contributed by atoms with Crippen molar-refractivity contribution < 1.29 is 18.0 Å². The number of nitrogens with one attached hydrogen (secondary N) is 1. The predicted octanol–water partition coefficient (Wildman–Crippen LogP) is 4.27. The Morgan fingerprint density at radius 2 is 1.93 bits per heavy atom. The molecule has 8 heteroatoms. The smallest absolute Gasteiger partial charge is 0.303 e. The van der Waals surface area contributed by atoms with E-state index in [0.29, 0.717) is 0 Å². The Hall–Kier alpha value is -3.42. The van der Waals surface area contributed by atoms with Crippen LogP contribution in [0.2, 0.25) is 0 Å². The molecule has 144 valence electrons. The van der Waals surface area contributed by atoms with Gasteiger partial charge in [0.25, 0.3) is 5.91 Å². The largest absolute Gasteiger partial charge is 0.416 e. The highest BCUT2D eigenvalue weighted by molar-refractivity contribution is 5.95. The van der Waals surface area contributed by atoms with Gasteiger partial charge in [-0.2, -0.15) is 18.3 Å². The lowest BCUT2D eigenvalue weighted by molar-refractivity contribution is -0.137. The van der Waals surface area contributed by atoms with Crippen molar-refractivity contribution in [3.8, 4) is 5.82 Å². The minimum absolute atomic E-state index is 0.120. The fourth-order valence-electron chi connectivity index (χ4n) is 2.82. The van der Waals surface area contributed by atoms with Crippen LogP contribution in [0.3, 0.4) is 0 Å². The van der Waals surface area contributed by atoms with E-state index in [1.165, 1.54) is 18.3 Å². The molecule has 1 amide bonds. The number of benzene rings is 1. The molecule has 0 saturated carbocycles. The molecule has 0 unspecified atom stereocenters. The van der Waals surface area contributed by atoms with Crippen LogP contribution in [0.25, 0.3) is 5.82 Å². The lowest BCUT2D eigenvalue weighted by Gasteiger charge is -2.08. The summed E-state index contributed by atoms with van der Waals surface area (Å²) in [5, 5.41) is 3.88. The number of hydrogen-bond acceptors (Lipinski definition) is 3. The number of hydrogen-bond donors (Lipinski definition) is 1. The highest BCUT2D eigenvalue weighted by Gasteiger charge is 2.30. The predicted molar refractivity (Wildman–Crippen MR) is 99.5 cm³/mol. The topological polar surface area (TPSA) is 59.3 Å². The first-order chi connectivity index (χ1) is 13.3. The molecule has 0 bridgehead atoms. The Morgan fingerprint density at radius 1 is 1.14 bits per heavy atom. The van der Waals surface area contributed by atoms with E-state index in [4.69, 9.17) is 0 Å². The molecule has 0 aliphatic carbocycles. The van der Waals surface area contributed by atoms with Crippen molar-refractivity contribution in [3.05, 3.63) is 82.8 Å². The van der Waals surface area contributed by atoms with E-state index in [2.05, 4.69) is 15.5 Å². The fourth-order valence-corrected chi connectivity index (χ4v) is 2.82. The summed E-state index contributed by atoms with van der Waals surface area (Å²) in [6, 6.07) is 11.6. The van der Waals surface area contributed by atoms with Gasteiger partial charge in [0.2, 0.25) is 0 Å². The number of pyridine rings is 1. The van der Waals surface area contributed by atoms with Crippen molar-refractivity contribution in [1.82, 2.24) is 15.0 Å². The summed E-state index contributed by atoms with van der Waals surface area (Å²) in [4.78, 5) is 16.4. The summed E-state index contributed by atoms with van der Waals surface area (Å²) in [5.41, 5.74) is 3.81. The summed E-state index contributed by atoms with van der Waals surface area (Å²) >= 11 is 0. The van der Waals surface area contributed by atoms with Gasteiger partial charge in [0.05, 0.1) is 11.8 Å². The van der Waals surface area contributed by atoms with E-state index in [0.717, 1.165) is 34.9 Å². The van der Waals surface area contributed by atoms with Crippen molar-refractivity contribution in [2.24, 2.45) is 5.10 Å². The van der Waals surface area contributed by atoms with Crippen molar-refractivity contribution in [2.75, 3.05) is 0 Å². The van der Waals surface area contributed by atoms with Crippen LogP contribution in [0.5, 0.6) is 0 Å². The van der Waals surface area contributed by atoms with Gasteiger partial charge in [0.1, 0.15) is 5.82 Å². The zero-order chi connectivity index (χ0) is 20.3. The molecule has 28 heavy (non-hydrogen) atoms. The zero-order valence-electron chi connectivity index (χ0n) is 15.2. The highest BCUT2D eigenvalue weighted by atomic mass is 19.4. The van der Waals surface area contributed by atoms with Gasteiger partial charge < -0.3 is 4.57 Å². The van der Waals surface area contributed by atoms with E-state index >= 15 is 0 Å². The molecule has 3 rings (SSSR count). The van der Waals surface area contributed by atoms with Crippen LogP contribution in [0.4, 0.5) is 13.2 Å². The molecule has 2 heterocycles. The lowest BCUT2D eigenvalue weighted by Crippen LogP contribution is -2.18. The number of aryl methyl sites for hydroxylation is 1. The van der Waals surface area contributed by atoms with Gasteiger partial charge in [-0.1, -0.05) is 12.1 Å². The summed E-state index contributed by atoms with van der Waals surface area (Å²) in [6.07, 6.45) is -1.37. The molecule has 5 nitrogen and oxygen atoms in total. The second-order valence-corrected chi connectivity index (χ2v) is 6.13. The fraction of sp³-hybridized carbons (Fsp3) is 0.150. The van der Waals surface area contributed by atoms with Crippen molar-refractivity contribution in [2.45, 2.75) is 20.0 Å². The molecule has 0 aliphatic heterocycles. The van der Waals surface area contributed by atoms with Gasteiger partial charge in [-0.15, -0.1) is 0 Å². The first-order valence-corrected chi connectivity index (χ1v) is 8.38. The average molecular weight is 386 g/mol. The van der Waals surface area contributed by atoms with Crippen LogP contribution in [0.15, 0.2) is 59.8 Å². The molecule has 0 aliphatic rings. The van der Waals surface area contributed by atoms with Crippen molar-refractivity contribution in [1.29, 1.82) is 0 Å². The minimum Gasteiger partial charge on any atom is -0.303 e. The Balaban J connectivity index is 1.76. The molecule has 0 spiro atoms. The standard InChI is InChI=1S/C20H17F3N4O/c1-13-10-16(14(2)27(13)18-8-3-4-9-24-18)12-25-26-19(28)15-6-5-7-17(11-15)20(21,22)23/h3-12H,1-2H3,(H,26,28)/b25-12-. The molecule has 0 fully saturated rings. The maximum Gasteiger partial charge on any atom is 0.416 e. The number of carbonyl (C=O) groups excluding carboxylic acids is 1. The number of carbonyl (C=O) groups is 1. The van der Waals surface area contributed by atoms with E-state index < -0.39 is 17.6 Å². The quantitative estimate of drug-likeness (QED) is 0.538. The molecule has 2 aromatic heterocycles. The van der Waals surface area contributed by atoms with E-state index in [-0.39, 0.29) is 5.56 Å². The SMILES string of the molecule is Cc1cc(/C=N\NC(=O)c2cccc(C(F)(F)F)c2)c(C)n1-c1ccccn1. The first-order valence-electron chi connectivity index (χ1n) is 8.38. The van der Waals surface area contributed by atoms with Crippen LogP contribution in [-0.4, -0.2) is 21.7 Å². The van der Waals surface area contributed by atoms with Crippen molar-refractivity contribution in [3.63, 3.8) is 0 Å². The number of hydrazone groups is 1. The Labute approximate surface area is 159 Å². The number of alkyl halides is 3. The number of aromatic nitrogens is 2. The zero-order valence-corrected chi connectivity index (χ0v) is 15.2. The summed E-state index contributed by atoms with van der Waals surface area (Å²) in [5.74, 6) is 0.0334. The third-order valence-corrected chi connectivity index (χ3v) is 4.17. The van der Waals surface area contributed by atoms with Gasteiger partial charge in [0.15, 0.2) is 0 Å². The third kappa shape index (κ3) is 4.11. The first kappa shape index (κ1) is 19.3. The molecule has 3 aromatic rings. The van der Waals surface area contributed by atoms with E-state index in [1.807, 2.05) is 42.7 Å². The minimum atomic E-state index is -4.51. The maximum atomic E-state index is 12.8. The normalized spacial score (nSPS) is 11.8. The van der Waals surface area contributed by atoms with Crippen LogP contribution in [-0.2, 0) is 6.18 Å². The Morgan fingerprint density at radius 3 is 2.61 bits per heavy atom. The number of nitrogens with zero attached hydrogens (tertiary/aromatic N) is 3. The number of halogens is 3. The second kappa shape index (κ2) is 7.67. The summed E-state index contributed by atoms with van der Waals surface area (Å²) < 4.78 is 40.2. The van der Waals surface area contributed by atoms with Crippen LogP contribution in [0, 0.1) is 13.8 Å². The van der Waals surface area contributed by atoms with Gasteiger partial charge in [-0.25, -0.2) is 10.4 Å². The summed E-state index contributed by atoms with van der Waals surface area (Å²) in [7, 11) is 0. The number of amides is 1. The lowest BCUT2D eigenvalue weighted by atomic mass is 10.1. The molecule has 0 saturated heterocycles. The molecular formula is C20H17F3N4O. The molecule has 0 atom stereocenters. The van der Waals surface area contributed by atoms with Gasteiger partial charge >= 0.3 is 6.18 Å². The third-order valence-electron chi connectivity index (χ3n) is 4.17. The number of rotatable bonds is 4. The van der Waals surface area contributed by atoms with Crippen molar-refractivity contribution >= 4 is 12.1 Å². The monoisotopic (exact) mass is 386 g/mol. The van der Waals surface area contributed by atoms with Crippen LogP contribution < -0.4 is 5.43 Å². The molecule has 1 aromatic carbocycles. The highest BCUT2D eigenvalue weighted by Crippen LogP contribution is 2.29. The van der Waals surface area contributed by atoms with Crippen LogP contribution >= 0.6 is 0 Å². The van der Waals surface area contributed by atoms with E-state index in [9.17, 15) is 18.0 Å². The second-order valence-electron chi connectivity index (χ2n) is 6.13. The molecular weight excluding hydrogens is 369 g/mol. The average Bonchev–Trinajstić information content (AvgIpc) is 2.95. The Kier molecular flexibility index (Phi) is 5.30. The molecule has 0 radical (unpaired) electrons. The van der Waals surface area contributed by atoms with Gasteiger partial charge in [-0.3, -0.25) is 4.79 Å². The van der Waals surface area contributed by atoms with Gasteiger partial charge in [-0.05, 0) is 50.2 Å².